The molecule has 2 atom stereocenters. The van der Waals surface area contributed by atoms with Crippen LogP contribution in [-0.2, 0) is 19.6 Å². The van der Waals surface area contributed by atoms with E-state index in [9.17, 15) is 13.2 Å². The molecule has 1 N–H and O–H groups in total. The van der Waals surface area contributed by atoms with Crippen LogP contribution in [0.2, 0.25) is 0 Å². The highest BCUT2D eigenvalue weighted by Crippen LogP contribution is 2.43. The van der Waals surface area contributed by atoms with Crippen LogP contribution in [-0.4, -0.2) is 57.7 Å². The SMILES string of the molecule is CNC(=O)[C@]12CCOC[C@H]1CN(S(=O)(=O)CCCC#N)C2. The lowest BCUT2D eigenvalue weighted by atomic mass is 9.73. The molecule has 0 radical (unpaired) electrons. The van der Waals surface area contributed by atoms with Crippen molar-refractivity contribution in [2.45, 2.75) is 19.3 Å². The third kappa shape index (κ3) is 3.05. The minimum atomic E-state index is -3.42. The lowest BCUT2D eigenvalue weighted by Crippen LogP contribution is -2.49. The second-order valence-corrected chi connectivity index (χ2v) is 7.72. The van der Waals surface area contributed by atoms with Crippen LogP contribution in [0, 0.1) is 22.7 Å². The molecule has 2 heterocycles. The Morgan fingerprint density at radius 3 is 3.00 bits per heavy atom. The van der Waals surface area contributed by atoms with E-state index in [2.05, 4.69) is 5.32 Å². The number of unbranched alkanes of at least 4 members (excludes halogenated alkanes) is 1. The smallest absolute Gasteiger partial charge is 0.227 e. The fraction of sp³-hybridized carbons (Fsp3) is 0.846. The molecule has 2 saturated heterocycles. The monoisotopic (exact) mass is 315 g/mol. The van der Waals surface area contributed by atoms with Crippen molar-refractivity contribution in [3.05, 3.63) is 0 Å². The number of fused-ring (bicyclic) bond motifs is 1. The standard InChI is InChI=1S/C13H21N3O4S/c1-15-12(17)13-4-6-20-9-11(13)8-16(10-13)21(18,19)7-3-2-5-14/h11H,2-4,6-10H2,1H3,(H,15,17)/t11-,13+/m1/s1. The molecule has 2 fully saturated rings. The molecule has 118 valence electrons. The highest BCUT2D eigenvalue weighted by molar-refractivity contribution is 7.89. The second-order valence-electron chi connectivity index (χ2n) is 5.63. The van der Waals surface area contributed by atoms with Crippen LogP contribution in [0.1, 0.15) is 19.3 Å². The summed E-state index contributed by atoms with van der Waals surface area (Å²) < 4.78 is 31.5. The van der Waals surface area contributed by atoms with Crippen LogP contribution in [0.4, 0.5) is 0 Å². The van der Waals surface area contributed by atoms with Gasteiger partial charge in [-0.2, -0.15) is 5.26 Å². The molecule has 7 nitrogen and oxygen atoms in total. The van der Waals surface area contributed by atoms with Crippen molar-refractivity contribution >= 4 is 15.9 Å². The lowest BCUT2D eigenvalue weighted by molar-refractivity contribution is -0.138. The lowest BCUT2D eigenvalue weighted by Gasteiger charge is -2.36. The van der Waals surface area contributed by atoms with E-state index in [0.29, 0.717) is 32.6 Å². The van der Waals surface area contributed by atoms with Crippen molar-refractivity contribution in [3.63, 3.8) is 0 Å². The van der Waals surface area contributed by atoms with Gasteiger partial charge < -0.3 is 10.1 Å². The third-order valence-electron chi connectivity index (χ3n) is 4.44. The summed E-state index contributed by atoms with van der Waals surface area (Å²) in [5.74, 6) is -0.250. The summed E-state index contributed by atoms with van der Waals surface area (Å²) in [6.45, 7) is 1.43. The van der Waals surface area contributed by atoms with Crippen LogP contribution in [0.15, 0.2) is 0 Å². The normalized spacial score (nSPS) is 29.6. The van der Waals surface area contributed by atoms with Crippen LogP contribution < -0.4 is 5.32 Å². The summed E-state index contributed by atoms with van der Waals surface area (Å²) in [6.07, 6.45) is 1.09. The van der Waals surface area contributed by atoms with Crippen molar-refractivity contribution in [1.29, 1.82) is 5.26 Å². The summed E-state index contributed by atoms with van der Waals surface area (Å²) in [4.78, 5) is 12.3. The van der Waals surface area contributed by atoms with E-state index in [1.165, 1.54) is 4.31 Å². The van der Waals surface area contributed by atoms with Gasteiger partial charge in [0.1, 0.15) is 0 Å². The molecule has 0 unspecified atom stereocenters. The largest absolute Gasteiger partial charge is 0.381 e. The highest BCUT2D eigenvalue weighted by Gasteiger charge is 2.55. The molecule has 2 aliphatic heterocycles. The molecule has 2 aliphatic rings. The molecule has 2 rings (SSSR count). The molecule has 0 aromatic heterocycles. The van der Waals surface area contributed by atoms with Crippen molar-refractivity contribution < 1.29 is 17.9 Å². The van der Waals surface area contributed by atoms with Gasteiger partial charge in [0.05, 0.1) is 23.8 Å². The predicted molar refractivity (Wildman–Crippen MR) is 75.6 cm³/mol. The molecule has 0 aromatic rings. The predicted octanol–water partition coefficient (Wildman–Crippen LogP) is -0.296. The molecule has 1 amide bonds. The maximum atomic E-state index is 12.3. The zero-order chi connectivity index (χ0) is 15.5. The number of amides is 1. The minimum absolute atomic E-state index is 0.0437. The summed E-state index contributed by atoms with van der Waals surface area (Å²) in [5.41, 5.74) is -0.671. The molecule has 0 aromatic carbocycles. The first-order chi connectivity index (χ1) is 9.96. The van der Waals surface area contributed by atoms with Crippen LogP contribution in [0.25, 0.3) is 0 Å². The number of carbonyl (C=O) groups is 1. The van der Waals surface area contributed by atoms with E-state index in [4.69, 9.17) is 10.00 Å². The first-order valence-electron chi connectivity index (χ1n) is 7.11. The van der Waals surface area contributed by atoms with E-state index >= 15 is 0 Å². The van der Waals surface area contributed by atoms with E-state index in [1.54, 1.807) is 7.05 Å². The number of carbonyl (C=O) groups excluding carboxylic acids is 1. The van der Waals surface area contributed by atoms with Gasteiger partial charge in [-0.3, -0.25) is 4.79 Å². The van der Waals surface area contributed by atoms with E-state index in [-0.39, 0.29) is 30.5 Å². The van der Waals surface area contributed by atoms with Crippen LogP contribution in [0.3, 0.4) is 0 Å². The fourth-order valence-electron chi connectivity index (χ4n) is 3.20. The molecule has 8 heteroatoms. The first-order valence-corrected chi connectivity index (χ1v) is 8.72. The Morgan fingerprint density at radius 1 is 1.57 bits per heavy atom. The number of rotatable bonds is 5. The average molecular weight is 315 g/mol. The number of nitrogens with zero attached hydrogens (tertiary/aromatic N) is 2. The van der Waals surface area contributed by atoms with Gasteiger partial charge in [-0.25, -0.2) is 12.7 Å². The number of hydrogen-bond donors (Lipinski definition) is 1. The van der Waals surface area contributed by atoms with Crippen LogP contribution in [0.5, 0.6) is 0 Å². The average Bonchev–Trinajstić information content (AvgIpc) is 2.88. The van der Waals surface area contributed by atoms with Gasteiger partial charge in [-0.1, -0.05) is 0 Å². The maximum Gasteiger partial charge on any atom is 0.227 e. The number of nitriles is 1. The Balaban J connectivity index is 2.15. The summed E-state index contributed by atoms with van der Waals surface area (Å²) in [7, 11) is -1.85. The van der Waals surface area contributed by atoms with Crippen molar-refractivity contribution in [1.82, 2.24) is 9.62 Å². The minimum Gasteiger partial charge on any atom is -0.381 e. The van der Waals surface area contributed by atoms with Gasteiger partial charge in [0.25, 0.3) is 0 Å². The van der Waals surface area contributed by atoms with Crippen LogP contribution >= 0.6 is 0 Å². The Bertz CT molecular complexity index is 542. The van der Waals surface area contributed by atoms with Gasteiger partial charge in [-0.15, -0.1) is 0 Å². The summed E-state index contributed by atoms with van der Waals surface area (Å²) >= 11 is 0. The number of nitrogens with one attached hydrogen (secondary N) is 1. The zero-order valence-corrected chi connectivity index (χ0v) is 13.0. The van der Waals surface area contributed by atoms with Gasteiger partial charge in [0, 0.05) is 39.1 Å². The molecule has 0 saturated carbocycles. The number of sulfonamides is 1. The van der Waals surface area contributed by atoms with Crippen molar-refractivity contribution in [2.75, 3.05) is 39.1 Å². The molecule has 0 aliphatic carbocycles. The topological polar surface area (TPSA) is 99.5 Å². The van der Waals surface area contributed by atoms with Gasteiger partial charge in [0.2, 0.25) is 15.9 Å². The highest BCUT2D eigenvalue weighted by atomic mass is 32.2. The third-order valence-corrected chi connectivity index (χ3v) is 6.31. The number of hydrogen-bond acceptors (Lipinski definition) is 5. The zero-order valence-electron chi connectivity index (χ0n) is 12.2. The Morgan fingerprint density at radius 2 is 2.33 bits per heavy atom. The molecular formula is C13H21N3O4S. The molecule has 0 spiro atoms. The Kier molecular flexibility index (Phi) is 4.86. The Hall–Kier alpha value is -1.17. The van der Waals surface area contributed by atoms with Gasteiger partial charge >= 0.3 is 0 Å². The van der Waals surface area contributed by atoms with E-state index in [1.807, 2.05) is 6.07 Å². The summed E-state index contributed by atoms with van der Waals surface area (Å²) in [5, 5.41) is 11.2. The van der Waals surface area contributed by atoms with Gasteiger partial charge in [-0.05, 0) is 12.8 Å². The molecular weight excluding hydrogens is 294 g/mol. The quantitative estimate of drug-likeness (QED) is 0.702. The second kappa shape index (κ2) is 6.30. The number of ether oxygens (including phenoxy) is 1. The first kappa shape index (κ1) is 16.2. The van der Waals surface area contributed by atoms with Crippen molar-refractivity contribution in [2.24, 2.45) is 11.3 Å². The summed E-state index contributed by atoms with van der Waals surface area (Å²) in [6, 6.07) is 1.95. The molecule has 0 bridgehead atoms. The van der Waals surface area contributed by atoms with Gasteiger partial charge in [0.15, 0.2) is 0 Å². The molecule has 21 heavy (non-hydrogen) atoms. The van der Waals surface area contributed by atoms with E-state index < -0.39 is 15.4 Å². The Labute approximate surface area is 125 Å². The van der Waals surface area contributed by atoms with Crippen molar-refractivity contribution in [3.8, 4) is 6.07 Å². The fourth-order valence-corrected chi connectivity index (χ4v) is 4.80. The van der Waals surface area contributed by atoms with E-state index in [0.717, 1.165) is 0 Å². The maximum absolute atomic E-state index is 12.3.